The Labute approximate surface area is 174 Å². The Morgan fingerprint density at radius 3 is 2.64 bits per heavy atom. The third-order valence-electron chi connectivity index (χ3n) is 4.25. The Morgan fingerprint density at radius 1 is 1.25 bits per heavy atom. The van der Waals surface area contributed by atoms with E-state index in [1.165, 1.54) is 6.08 Å². The second-order valence-electron chi connectivity index (χ2n) is 6.29. The maximum Gasteiger partial charge on any atom is 0.294 e. The van der Waals surface area contributed by atoms with Crippen molar-refractivity contribution in [2.75, 3.05) is 26.2 Å². The van der Waals surface area contributed by atoms with Crippen LogP contribution in [-0.2, 0) is 14.4 Å². The van der Waals surface area contributed by atoms with Crippen LogP contribution in [0.1, 0.15) is 18.4 Å². The molecular weight excluding hydrogens is 450 g/mol. The topological polar surface area (TPSA) is 110 Å². The summed E-state index contributed by atoms with van der Waals surface area (Å²) in [5, 5.41) is -0.488. The van der Waals surface area contributed by atoms with Crippen molar-refractivity contribution in [2.45, 2.75) is 12.8 Å². The van der Waals surface area contributed by atoms with Gasteiger partial charge >= 0.3 is 0 Å². The van der Waals surface area contributed by atoms with E-state index in [4.69, 9.17) is 10.5 Å². The summed E-state index contributed by atoms with van der Waals surface area (Å²) in [6, 6.07) is 5.04. The quantitative estimate of drug-likeness (QED) is 0.640. The number of likely N-dealkylation sites (tertiary alicyclic amines) is 1. The second-order valence-corrected chi connectivity index (χ2v) is 8.20. The molecule has 2 saturated heterocycles. The number of thioether (sulfide) groups is 1. The molecule has 8 nitrogen and oxygen atoms in total. The van der Waals surface area contributed by atoms with E-state index in [2.05, 4.69) is 15.9 Å². The molecule has 2 aliphatic heterocycles. The molecule has 0 unspecified atom stereocenters. The van der Waals surface area contributed by atoms with E-state index in [9.17, 15) is 19.2 Å². The molecule has 148 valence electrons. The molecular formula is C18H18BrN3O5S. The van der Waals surface area contributed by atoms with Gasteiger partial charge in [-0.05, 0) is 48.9 Å². The van der Waals surface area contributed by atoms with Gasteiger partial charge in [-0.3, -0.25) is 24.1 Å². The van der Waals surface area contributed by atoms with Crippen LogP contribution < -0.4 is 10.5 Å². The minimum Gasteiger partial charge on any atom is -0.483 e. The van der Waals surface area contributed by atoms with Crippen LogP contribution in [-0.4, -0.2) is 59.0 Å². The number of nitrogens with zero attached hydrogens (tertiary/aromatic N) is 2. The van der Waals surface area contributed by atoms with Crippen LogP contribution in [0, 0.1) is 0 Å². The van der Waals surface area contributed by atoms with Crippen molar-refractivity contribution in [1.29, 1.82) is 0 Å². The summed E-state index contributed by atoms with van der Waals surface area (Å²) in [5.41, 5.74) is 5.61. The highest BCUT2D eigenvalue weighted by atomic mass is 79.9. The number of benzene rings is 1. The van der Waals surface area contributed by atoms with Crippen molar-refractivity contribution in [3.63, 3.8) is 0 Å². The van der Waals surface area contributed by atoms with Crippen molar-refractivity contribution in [2.24, 2.45) is 5.73 Å². The Morgan fingerprint density at radius 2 is 1.96 bits per heavy atom. The number of carbonyl (C=O) groups excluding carboxylic acids is 4. The summed E-state index contributed by atoms with van der Waals surface area (Å²) in [5.74, 6) is -1.03. The zero-order chi connectivity index (χ0) is 20.3. The van der Waals surface area contributed by atoms with Crippen LogP contribution in [0.25, 0.3) is 6.08 Å². The smallest absolute Gasteiger partial charge is 0.294 e. The van der Waals surface area contributed by atoms with Crippen LogP contribution in [0.5, 0.6) is 5.75 Å². The SMILES string of the molecule is NC(=O)COc1ccc(Br)cc1/C=C1\SC(=O)N(CC(=O)N2CCCC2)C1=O. The van der Waals surface area contributed by atoms with Gasteiger partial charge in [-0.15, -0.1) is 0 Å². The lowest BCUT2D eigenvalue weighted by Gasteiger charge is -2.18. The summed E-state index contributed by atoms with van der Waals surface area (Å²) < 4.78 is 6.10. The molecule has 10 heteroatoms. The van der Waals surface area contributed by atoms with Crippen LogP contribution in [0.2, 0.25) is 0 Å². The van der Waals surface area contributed by atoms with Gasteiger partial charge in [0.15, 0.2) is 6.61 Å². The van der Waals surface area contributed by atoms with Gasteiger partial charge in [-0.1, -0.05) is 15.9 Å². The lowest BCUT2D eigenvalue weighted by atomic mass is 10.2. The molecule has 28 heavy (non-hydrogen) atoms. The molecule has 0 radical (unpaired) electrons. The Hall–Kier alpha value is -2.33. The lowest BCUT2D eigenvalue weighted by molar-refractivity contribution is -0.135. The lowest BCUT2D eigenvalue weighted by Crippen LogP contribution is -2.40. The maximum atomic E-state index is 12.7. The monoisotopic (exact) mass is 467 g/mol. The first-order valence-corrected chi connectivity index (χ1v) is 10.2. The highest BCUT2D eigenvalue weighted by molar-refractivity contribution is 9.10. The number of amides is 4. The number of hydrogen-bond acceptors (Lipinski definition) is 6. The summed E-state index contributed by atoms with van der Waals surface area (Å²) in [6.07, 6.45) is 3.38. The first kappa shape index (κ1) is 20.4. The summed E-state index contributed by atoms with van der Waals surface area (Å²) in [7, 11) is 0. The molecule has 3 rings (SSSR count). The zero-order valence-electron chi connectivity index (χ0n) is 14.9. The predicted octanol–water partition coefficient (Wildman–Crippen LogP) is 1.97. The van der Waals surface area contributed by atoms with Gasteiger partial charge in [-0.2, -0.15) is 0 Å². The number of ether oxygens (including phenoxy) is 1. The number of nitrogens with two attached hydrogens (primary N) is 1. The van der Waals surface area contributed by atoms with Gasteiger partial charge in [0.05, 0.1) is 4.91 Å². The number of rotatable bonds is 6. The van der Waals surface area contributed by atoms with E-state index in [-0.39, 0.29) is 24.0 Å². The van der Waals surface area contributed by atoms with Gasteiger partial charge in [0.25, 0.3) is 17.1 Å². The molecule has 1 aromatic rings. The summed E-state index contributed by atoms with van der Waals surface area (Å²) in [6.45, 7) is 0.743. The van der Waals surface area contributed by atoms with Gasteiger partial charge in [0, 0.05) is 23.1 Å². The summed E-state index contributed by atoms with van der Waals surface area (Å²) in [4.78, 5) is 51.0. The van der Waals surface area contributed by atoms with Crippen molar-refractivity contribution >= 4 is 56.7 Å². The molecule has 4 amide bonds. The Bertz CT molecular complexity index is 867. The molecule has 0 saturated carbocycles. The van der Waals surface area contributed by atoms with Crippen LogP contribution >= 0.6 is 27.7 Å². The molecule has 0 aromatic heterocycles. The number of primary amides is 1. The normalized spacial score (nSPS) is 18.2. The van der Waals surface area contributed by atoms with Crippen molar-refractivity contribution in [1.82, 2.24) is 9.80 Å². The fourth-order valence-corrected chi connectivity index (χ4v) is 4.10. The van der Waals surface area contributed by atoms with Crippen molar-refractivity contribution in [3.05, 3.63) is 33.1 Å². The first-order chi connectivity index (χ1) is 13.3. The highest BCUT2D eigenvalue weighted by Crippen LogP contribution is 2.35. The molecule has 1 aromatic carbocycles. The maximum absolute atomic E-state index is 12.7. The van der Waals surface area contributed by atoms with Gasteiger partial charge in [0.1, 0.15) is 12.3 Å². The molecule has 0 aliphatic carbocycles. The van der Waals surface area contributed by atoms with Crippen LogP contribution in [0.3, 0.4) is 0 Å². The fraction of sp³-hybridized carbons (Fsp3) is 0.333. The molecule has 2 aliphatic rings. The molecule has 0 bridgehead atoms. The minimum atomic E-state index is -0.630. The first-order valence-electron chi connectivity index (χ1n) is 8.59. The van der Waals surface area contributed by atoms with Crippen LogP contribution in [0.4, 0.5) is 4.79 Å². The molecule has 0 atom stereocenters. The number of imide groups is 1. The van der Waals surface area contributed by atoms with Crippen LogP contribution in [0.15, 0.2) is 27.6 Å². The standard InChI is InChI=1S/C18H18BrN3O5S/c19-12-3-4-13(27-10-15(20)23)11(7-12)8-14-17(25)22(18(26)28-14)9-16(24)21-5-1-2-6-21/h3-4,7-8H,1-2,5-6,9-10H2,(H2,20,23)/b14-8-. The third-order valence-corrected chi connectivity index (χ3v) is 5.65. The number of carbonyl (C=O) groups is 4. The zero-order valence-corrected chi connectivity index (χ0v) is 17.3. The predicted molar refractivity (Wildman–Crippen MR) is 107 cm³/mol. The Balaban J connectivity index is 1.78. The fourth-order valence-electron chi connectivity index (χ4n) is 2.89. The highest BCUT2D eigenvalue weighted by Gasteiger charge is 2.37. The summed E-state index contributed by atoms with van der Waals surface area (Å²) >= 11 is 4.10. The van der Waals surface area contributed by atoms with E-state index < -0.39 is 17.1 Å². The molecule has 2 heterocycles. The molecule has 2 fully saturated rings. The second kappa shape index (κ2) is 8.78. The van der Waals surface area contributed by atoms with E-state index in [1.54, 1.807) is 23.1 Å². The van der Waals surface area contributed by atoms with E-state index in [1.807, 2.05) is 0 Å². The van der Waals surface area contributed by atoms with Gasteiger partial charge in [0.2, 0.25) is 5.91 Å². The largest absolute Gasteiger partial charge is 0.483 e. The van der Waals surface area contributed by atoms with E-state index in [0.717, 1.165) is 34.0 Å². The molecule has 0 spiro atoms. The number of hydrogen-bond donors (Lipinski definition) is 1. The number of halogens is 1. The van der Waals surface area contributed by atoms with Gasteiger partial charge in [-0.25, -0.2) is 0 Å². The average Bonchev–Trinajstić information content (AvgIpc) is 3.26. The van der Waals surface area contributed by atoms with Gasteiger partial charge < -0.3 is 15.4 Å². The van der Waals surface area contributed by atoms with E-state index in [0.29, 0.717) is 24.4 Å². The third kappa shape index (κ3) is 4.74. The minimum absolute atomic E-state index is 0.182. The van der Waals surface area contributed by atoms with Crippen molar-refractivity contribution in [3.8, 4) is 5.75 Å². The Kier molecular flexibility index (Phi) is 6.40. The van der Waals surface area contributed by atoms with Crippen molar-refractivity contribution < 1.29 is 23.9 Å². The van der Waals surface area contributed by atoms with E-state index >= 15 is 0 Å². The molecule has 2 N–H and O–H groups in total. The average molecular weight is 468 g/mol.